The molecule has 0 unspecified atom stereocenters. The molecule has 1 aliphatic heterocycles. The summed E-state index contributed by atoms with van der Waals surface area (Å²) in [6, 6.07) is 3.56. The number of non-ortho nitro benzene ring substituents is 1. The quantitative estimate of drug-likeness (QED) is 0.628. The van der Waals surface area contributed by atoms with Crippen LogP contribution in [0.4, 0.5) is 10.1 Å². The minimum absolute atomic E-state index is 0. The van der Waals surface area contributed by atoms with Gasteiger partial charge < -0.3 is 5.32 Å². The van der Waals surface area contributed by atoms with Gasteiger partial charge in [-0.15, -0.1) is 12.4 Å². The van der Waals surface area contributed by atoms with E-state index < -0.39 is 4.92 Å². The van der Waals surface area contributed by atoms with Gasteiger partial charge in [-0.25, -0.2) is 4.39 Å². The third kappa shape index (κ3) is 2.24. The molecule has 4 nitrogen and oxygen atoms in total. The summed E-state index contributed by atoms with van der Waals surface area (Å²) >= 11 is 0. The van der Waals surface area contributed by atoms with Gasteiger partial charge >= 0.3 is 0 Å². The molecular weight excluding hydrogens is 223 g/mol. The van der Waals surface area contributed by atoms with E-state index in [0.29, 0.717) is 5.56 Å². The van der Waals surface area contributed by atoms with Gasteiger partial charge in [0.2, 0.25) is 0 Å². The normalized spacial score (nSPS) is 18.9. The summed E-state index contributed by atoms with van der Waals surface area (Å²) < 4.78 is 13.2. The maximum Gasteiger partial charge on any atom is 0.269 e. The molecule has 0 bridgehead atoms. The molecule has 1 aliphatic rings. The third-order valence-corrected chi connectivity index (χ3v) is 2.39. The maximum atomic E-state index is 13.2. The fourth-order valence-electron chi connectivity index (χ4n) is 1.47. The lowest BCUT2D eigenvalue weighted by Crippen LogP contribution is -2.35. The fraction of sp³-hybridized carbons (Fsp3) is 0.333. The molecule has 82 valence electrons. The summed E-state index contributed by atoms with van der Waals surface area (Å²) in [6.07, 6.45) is 0.831. The lowest BCUT2D eigenvalue weighted by Gasteiger charge is -2.28. The van der Waals surface area contributed by atoms with Crippen LogP contribution in [0.25, 0.3) is 0 Å². The van der Waals surface area contributed by atoms with Crippen LogP contribution in [0.5, 0.6) is 0 Å². The smallest absolute Gasteiger partial charge is 0.269 e. The van der Waals surface area contributed by atoms with E-state index in [1.807, 2.05) is 0 Å². The van der Waals surface area contributed by atoms with Crippen molar-refractivity contribution in [2.75, 3.05) is 6.54 Å². The van der Waals surface area contributed by atoms with Crippen LogP contribution in [-0.2, 0) is 0 Å². The maximum absolute atomic E-state index is 13.2. The number of hydrogen-bond acceptors (Lipinski definition) is 3. The van der Waals surface area contributed by atoms with Gasteiger partial charge in [0.05, 0.1) is 4.92 Å². The lowest BCUT2D eigenvalue weighted by molar-refractivity contribution is -0.385. The zero-order valence-electron chi connectivity index (χ0n) is 7.77. The molecule has 0 radical (unpaired) electrons. The molecule has 2 rings (SSSR count). The highest BCUT2D eigenvalue weighted by molar-refractivity contribution is 5.85. The van der Waals surface area contributed by atoms with E-state index in [0.717, 1.165) is 19.0 Å². The summed E-state index contributed by atoms with van der Waals surface area (Å²) in [5.74, 6) is -0.382. The first-order valence-corrected chi connectivity index (χ1v) is 4.35. The monoisotopic (exact) mass is 232 g/mol. The van der Waals surface area contributed by atoms with Crippen molar-refractivity contribution in [2.45, 2.75) is 12.5 Å². The Labute approximate surface area is 92.0 Å². The number of nitro benzene ring substituents is 1. The Morgan fingerprint density at radius 1 is 1.53 bits per heavy atom. The molecule has 6 heteroatoms. The van der Waals surface area contributed by atoms with Gasteiger partial charge in [-0.1, -0.05) is 0 Å². The number of halogens is 2. The topological polar surface area (TPSA) is 55.2 Å². The summed E-state index contributed by atoms with van der Waals surface area (Å²) in [5, 5.41) is 13.5. The van der Waals surface area contributed by atoms with E-state index >= 15 is 0 Å². The van der Waals surface area contributed by atoms with Crippen LogP contribution in [0.15, 0.2) is 18.2 Å². The number of hydrogen-bond donors (Lipinski definition) is 1. The lowest BCUT2D eigenvalue weighted by atomic mass is 9.97. The number of rotatable bonds is 2. The standard InChI is InChI=1S/C9H9FN2O2.ClH/c10-8-2-1-6(12(13)14)5-7(8)9-3-4-11-9;/h1-2,5,9,11H,3-4H2;1H/t9-;/m1./s1. The number of nitrogens with one attached hydrogen (secondary N) is 1. The SMILES string of the molecule is Cl.O=[N+]([O-])c1ccc(F)c([C@H]2CCN2)c1. The van der Waals surface area contributed by atoms with Gasteiger partial charge in [0.25, 0.3) is 5.69 Å². The second kappa shape index (κ2) is 4.55. The van der Waals surface area contributed by atoms with Crippen molar-refractivity contribution in [1.82, 2.24) is 5.32 Å². The highest BCUT2D eigenvalue weighted by atomic mass is 35.5. The molecule has 1 saturated heterocycles. The molecule has 0 aromatic heterocycles. The van der Waals surface area contributed by atoms with E-state index in [2.05, 4.69) is 5.32 Å². The van der Waals surface area contributed by atoms with Crippen molar-refractivity contribution in [3.63, 3.8) is 0 Å². The molecule has 0 amide bonds. The van der Waals surface area contributed by atoms with Gasteiger partial charge in [0.1, 0.15) is 5.82 Å². The largest absolute Gasteiger partial charge is 0.310 e. The number of nitrogens with zero attached hydrogens (tertiary/aromatic N) is 1. The molecule has 1 aromatic carbocycles. The summed E-state index contributed by atoms with van der Waals surface area (Å²) in [7, 11) is 0. The molecule has 1 fully saturated rings. The number of benzene rings is 1. The van der Waals surface area contributed by atoms with Crippen molar-refractivity contribution in [3.8, 4) is 0 Å². The first kappa shape index (κ1) is 11.9. The Kier molecular flexibility index (Phi) is 3.60. The molecule has 15 heavy (non-hydrogen) atoms. The first-order chi connectivity index (χ1) is 6.68. The average Bonchev–Trinajstić information content (AvgIpc) is 2.05. The van der Waals surface area contributed by atoms with Crippen LogP contribution < -0.4 is 5.32 Å². The second-order valence-electron chi connectivity index (χ2n) is 3.26. The van der Waals surface area contributed by atoms with Crippen LogP contribution in [0.1, 0.15) is 18.0 Å². The molecule has 0 saturated carbocycles. The fourth-order valence-corrected chi connectivity index (χ4v) is 1.47. The van der Waals surface area contributed by atoms with E-state index in [1.54, 1.807) is 0 Å². The highest BCUT2D eigenvalue weighted by Crippen LogP contribution is 2.28. The van der Waals surface area contributed by atoms with Crippen molar-refractivity contribution in [1.29, 1.82) is 0 Å². The summed E-state index contributed by atoms with van der Waals surface area (Å²) in [5.41, 5.74) is 0.334. The van der Waals surface area contributed by atoms with E-state index in [1.165, 1.54) is 12.1 Å². The van der Waals surface area contributed by atoms with Crippen molar-refractivity contribution >= 4 is 18.1 Å². The third-order valence-electron chi connectivity index (χ3n) is 2.39. The van der Waals surface area contributed by atoms with E-state index in [-0.39, 0.29) is 30.0 Å². The van der Waals surface area contributed by atoms with Gasteiger partial charge in [0, 0.05) is 23.7 Å². The zero-order valence-corrected chi connectivity index (χ0v) is 8.59. The molecule has 1 N–H and O–H groups in total. The van der Waals surface area contributed by atoms with Crippen molar-refractivity contribution < 1.29 is 9.31 Å². The predicted molar refractivity (Wildman–Crippen MR) is 55.7 cm³/mol. The molecule has 1 heterocycles. The van der Waals surface area contributed by atoms with Gasteiger partial charge in [-0.2, -0.15) is 0 Å². The Balaban J connectivity index is 0.00000112. The van der Waals surface area contributed by atoms with Gasteiger partial charge in [-0.05, 0) is 19.0 Å². The number of nitro groups is 1. The Hall–Kier alpha value is -1.20. The van der Waals surface area contributed by atoms with Gasteiger partial charge in [0.15, 0.2) is 0 Å². The molecule has 0 aliphatic carbocycles. The van der Waals surface area contributed by atoms with Crippen molar-refractivity contribution in [2.24, 2.45) is 0 Å². The molecule has 0 spiro atoms. The first-order valence-electron chi connectivity index (χ1n) is 4.35. The highest BCUT2D eigenvalue weighted by Gasteiger charge is 2.23. The minimum atomic E-state index is -0.512. The predicted octanol–water partition coefficient (Wildman–Crippen LogP) is 2.19. The van der Waals surface area contributed by atoms with Gasteiger partial charge in [-0.3, -0.25) is 10.1 Å². The Morgan fingerprint density at radius 3 is 2.67 bits per heavy atom. The van der Waals surface area contributed by atoms with E-state index in [4.69, 9.17) is 0 Å². The molecule has 1 aromatic rings. The summed E-state index contributed by atoms with van der Waals surface area (Å²) in [6.45, 7) is 0.840. The van der Waals surface area contributed by atoms with E-state index in [9.17, 15) is 14.5 Å². The Morgan fingerprint density at radius 2 is 2.20 bits per heavy atom. The minimum Gasteiger partial charge on any atom is -0.310 e. The summed E-state index contributed by atoms with van der Waals surface area (Å²) in [4.78, 5) is 9.94. The van der Waals surface area contributed by atoms with Crippen LogP contribution in [0.2, 0.25) is 0 Å². The molecular formula is C9H10ClFN2O2. The Bertz CT molecular complexity index is 382. The molecule has 1 atom stereocenters. The van der Waals surface area contributed by atoms with Crippen LogP contribution in [0.3, 0.4) is 0 Å². The van der Waals surface area contributed by atoms with Crippen molar-refractivity contribution in [3.05, 3.63) is 39.7 Å². The average molecular weight is 233 g/mol. The van der Waals surface area contributed by atoms with Crippen LogP contribution >= 0.6 is 12.4 Å². The second-order valence-corrected chi connectivity index (χ2v) is 3.26. The van der Waals surface area contributed by atoms with Crippen LogP contribution in [0, 0.1) is 15.9 Å². The van der Waals surface area contributed by atoms with Crippen LogP contribution in [-0.4, -0.2) is 11.5 Å². The zero-order chi connectivity index (χ0) is 10.1.